The molecular weight excluding hydrogens is 420 g/mol. The Morgan fingerprint density at radius 1 is 1.10 bits per heavy atom. The molecule has 1 saturated heterocycles. The quantitative estimate of drug-likeness (QED) is 0.694. The van der Waals surface area contributed by atoms with Gasteiger partial charge in [0.15, 0.2) is 0 Å². The summed E-state index contributed by atoms with van der Waals surface area (Å²) in [6.45, 7) is 3.06. The van der Waals surface area contributed by atoms with Gasteiger partial charge in [0.2, 0.25) is 5.91 Å². The van der Waals surface area contributed by atoms with E-state index in [1.165, 1.54) is 14.2 Å². The van der Waals surface area contributed by atoms with Crippen molar-refractivity contribution >= 4 is 29.4 Å². The molecule has 1 aliphatic carbocycles. The van der Waals surface area contributed by atoms with Crippen molar-refractivity contribution < 1.29 is 23.9 Å². The fourth-order valence-corrected chi connectivity index (χ4v) is 4.70. The van der Waals surface area contributed by atoms with E-state index in [1.807, 2.05) is 0 Å². The Labute approximate surface area is 188 Å². The zero-order chi connectivity index (χ0) is 22.6. The summed E-state index contributed by atoms with van der Waals surface area (Å²) in [7, 11) is 2.88. The van der Waals surface area contributed by atoms with Gasteiger partial charge in [0.1, 0.15) is 11.3 Å². The summed E-state index contributed by atoms with van der Waals surface area (Å²) >= 11 is 6.06. The summed E-state index contributed by atoms with van der Waals surface area (Å²) < 4.78 is 10.3. The molecule has 8 heteroatoms. The Hall–Kier alpha value is -2.28. The fourth-order valence-electron chi connectivity index (χ4n) is 4.53. The molecule has 0 bridgehead atoms. The van der Waals surface area contributed by atoms with Crippen LogP contribution in [0.15, 0.2) is 18.2 Å². The van der Waals surface area contributed by atoms with Crippen molar-refractivity contribution in [3.8, 4) is 5.75 Å². The van der Waals surface area contributed by atoms with Crippen LogP contribution in [0, 0.1) is 11.8 Å². The van der Waals surface area contributed by atoms with Gasteiger partial charge in [-0.25, -0.2) is 4.79 Å². The summed E-state index contributed by atoms with van der Waals surface area (Å²) in [5.41, 5.74) is -0.515. The van der Waals surface area contributed by atoms with Gasteiger partial charge in [-0.2, -0.15) is 0 Å². The van der Waals surface area contributed by atoms with Crippen LogP contribution >= 0.6 is 11.6 Å². The number of carbonyl (C=O) groups is 3. The van der Waals surface area contributed by atoms with Gasteiger partial charge in [0, 0.05) is 24.0 Å². The molecule has 2 aliphatic rings. The second-order valence-electron chi connectivity index (χ2n) is 8.66. The molecule has 1 aliphatic heterocycles. The number of nitrogens with one attached hydrogen (secondary N) is 1. The summed E-state index contributed by atoms with van der Waals surface area (Å²) in [5, 5.41) is 3.49. The molecule has 7 nitrogen and oxygen atoms in total. The molecule has 0 unspecified atom stereocenters. The Morgan fingerprint density at radius 2 is 1.74 bits per heavy atom. The Bertz CT molecular complexity index is 827. The number of hydrogen-bond acceptors (Lipinski definition) is 5. The van der Waals surface area contributed by atoms with Crippen LogP contribution in [0.1, 0.15) is 55.8 Å². The van der Waals surface area contributed by atoms with Crippen molar-refractivity contribution in [3.05, 3.63) is 28.8 Å². The number of methoxy groups -OCH3 is 2. The van der Waals surface area contributed by atoms with Crippen LogP contribution in [0.3, 0.4) is 0 Å². The number of piperidine rings is 1. The van der Waals surface area contributed by atoms with Gasteiger partial charge in [-0.15, -0.1) is 0 Å². The van der Waals surface area contributed by atoms with E-state index < -0.39 is 5.54 Å². The van der Waals surface area contributed by atoms with Gasteiger partial charge in [0.25, 0.3) is 5.91 Å². The molecule has 2 amide bonds. The van der Waals surface area contributed by atoms with Gasteiger partial charge in [-0.1, -0.05) is 18.5 Å². The third kappa shape index (κ3) is 5.14. The lowest BCUT2D eigenvalue weighted by Gasteiger charge is -2.39. The third-order valence-corrected chi connectivity index (χ3v) is 6.85. The lowest BCUT2D eigenvalue weighted by molar-refractivity contribution is -0.153. The number of rotatable bonds is 5. The summed E-state index contributed by atoms with van der Waals surface area (Å²) in [6.07, 6.45) is 4.02. The van der Waals surface area contributed by atoms with E-state index in [1.54, 1.807) is 23.1 Å². The summed E-state index contributed by atoms with van der Waals surface area (Å²) in [6, 6.07) is 4.95. The van der Waals surface area contributed by atoms with Gasteiger partial charge in [0.05, 0.1) is 19.8 Å². The molecule has 1 aromatic carbocycles. The molecule has 2 fully saturated rings. The number of amides is 2. The van der Waals surface area contributed by atoms with E-state index in [0.717, 1.165) is 12.8 Å². The van der Waals surface area contributed by atoms with E-state index >= 15 is 0 Å². The largest absolute Gasteiger partial charge is 0.496 e. The van der Waals surface area contributed by atoms with Crippen molar-refractivity contribution in [1.82, 2.24) is 10.2 Å². The first kappa shape index (κ1) is 23.4. The van der Waals surface area contributed by atoms with Crippen LogP contribution < -0.4 is 10.1 Å². The van der Waals surface area contributed by atoms with Crippen molar-refractivity contribution in [2.45, 2.75) is 51.0 Å². The van der Waals surface area contributed by atoms with Gasteiger partial charge in [-0.05, 0) is 62.6 Å². The standard InChI is InChI=1S/C23H31ClN2O5/c1-15-6-10-23(11-7-15,22(29)31-3)25-20(27)16-8-12-26(13-9-16)21(28)18-14-17(24)4-5-19(18)30-2/h4-5,14-16H,6-13H2,1-3H3,(H,25,27). The SMILES string of the molecule is COC(=O)C1(NC(=O)C2CCN(C(=O)c3cc(Cl)ccc3OC)CC2)CCC(C)CC1. The zero-order valence-electron chi connectivity index (χ0n) is 18.4. The van der Waals surface area contributed by atoms with Crippen LogP contribution in [0.5, 0.6) is 5.75 Å². The molecule has 0 radical (unpaired) electrons. The van der Waals surface area contributed by atoms with E-state index in [0.29, 0.717) is 61.0 Å². The molecule has 1 saturated carbocycles. The van der Waals surface area contributed by atoms with E-state index in [2.05, 4.69) is 12.2 Å². The van der Waals surface area contributed by atoms with Gasteiger partial charge < -0.3 is 19.7 Å². The predicted molar refractivity (Wildman–Crippen MR) is 117 cm³/mol. The average molecular weight is 451 g/mol. The summed E-state index contributed by atoms with van der Waals surface area (Å²) in [4.78, 5) is 40.2. The van der Waals surface area contributed by atoms with Crippen molar-refractivity contribution in [2.75, 3.05) is 27.3 Å². The lowest BCUT2D eigenvalue weighted by atomic mass is 9.76. The topological polar surface area (TPSA) is 84.9 Å². The van der Waals surface area contributed by atoms with Crippen LogP contribution in [0.2, 0.25) is 5.02 Å². The second-order valence-corrected chi connectivity index (χ2v) is 9.09. The molecule has 31 heavy (non-hydrogen) atoms. The van der Waals surface area contributed by atoms with E-state index in [4.69, 9.17) is 21.1 Å². The normalized spacial score (nSPS) is 24.4. The molecule has 1 heterocycles. The van der Waals surface area contributed by atoms with Crippen LogP contribution in [0.4, 0.5) is 0 Å². The molecule has 3 rings (SSSR count). The Kier molecular flexibility index (Phi) is 7.46. The minimum atomic E-state index is -0.931. The van der Waals surface area contributed by atoms with Gasteiger partial charge >= 0.3 is 5.97 Å². The molecule has 0 spiro atoms. The Morgan fingerprint density at radius 3 is 2.32 bits per heavy atom. The Balaban J connectivity index is 1.62. The molecule has 170 valence electrons. The number of carbonyl (C=O) groups excluding carboxylic acids is 3. The average Bonchev–Trinajstić information content (AvgIpc) is 2.79. The minimum Gasteiger partial charge on any atom is -0.496 e. The highest BCUT2D eigenvalue weighted by Crippen LogP contribution is 2.34. The first-order chi connectivity index (χ1) is 14.8. The molecule has 0 atom stereocenters. The van der Waals surface area contributed by atoms with E-state index in [9.17, 15) is 14.4 Å². The number of halogens is 1. The number of ether oxygens (including phenoxy) is 2. The van der Waals surface area contributed by atoms with Crippen molar-refractivity contribution in [3.63, 3.8) is 0 Å². The fraction of sp³-hybridized carbons (Fsp3) is 0.609. The first-order valence-electron chi connectivity index (χ1n) is 10.8. The highest BCUT2D eigenvalue weighted by atomic mass is 35.5. The van der Waals surface area contributed by atoms with Gasteiger partial charge in [-0.3, -0.25) is 9.59 Å². The third-order valence-electron chi connectivity index (χ3n) is 6.61. The number of esters is 1. The monoisotopic (exact) mass is 450 g/mol. The molecule has 0 aromatic heterocycles. The highest BCUT2D eigenvalue weighted by Gasteiger charge is 2.44. The smallest absolute Gasteiger partial charge is 0.331 e. The molecule has 1 N–H and O–H groups in total. The maximum atomic E-state index is 13.0. The molecule has 1 aromatic rings. The number of nitrogens with zero attached hydrogens (tertiary/aromatic N) is 1. The van der Waals surface area contributed by atoms with Crippen molar-refractivity contribution in [2.24, 2.45) is 11.8 Å². The van der Waals surface area contributed by atoms with Crippen LogP contribution in [-0.2, 0) is 14.3 Å². The maximum Gasteiger partial charge on any atom is 0.331 e. The number of hydrogen-bond donors (Lipinski definition) is 1. The van der Waals surface area contributed by atoms with E-state index in [-0.39, 0.29) is 23.7 Å². The second kappa shape index (κ2) is 9.90. The predicted octanol–water partition coefficient (Wildman–Crippen LogP) is 3.44. The first-order valence-corrected chi connectivity index (χ1v) is 11.2. The lowest BCUT2D eigenvalue weighted by Crippen LogP contribution is -2.58. The van der Waals surface area contributed by atoms with Crippen LogP contribution in [0.25, 0.3) is 0 Å². The maximum absolute atomic E-state index is 13.0. The number of likely N-dealkylation sites (tertiary alicyclic amines) is 1. The van der Waals surface area contributed by atoms with Crippen molar-refractivity contribution in [1.29, 1.82) is 0 Å². The highest BCUT2D eigenvalue weighted by molar-refractivity contribution is 6.31. The minimum absolute atomic E-state index is 0.132. The number of benzene rings is 1. The zero-order valence-corrected chi connectivity index (χ0v) is 19.2. The van der Waals surface area contributed by atoms with Crippen LogP contribution in [-0.4, -0.2) is 55.5 Å². The summed E-state index contributed by atoms with van der Waals surface area (Å²) in [5.74, 6) is 0.103. The molecular formula is C23H31ClN2O5.